The van der Waals surface area contributed by atoms with Crippen molar-refractivity contribution >= 4 is 72.4 Å². The molecule has 14 rings (SSSR count). The topological polar surface area (TPSA) is 44.9 Å². The van der Waals surface area contributed by atoms with Crippen LogP contribution >= 0.6 is 0 Å². The van der Waals surface area contributed by atoms with E-state index in [0.29, 0.717) is 5.82 Å². The van der Waals surface area contributed by atoms with Gasteiger partial charge in [0.05, 0.1) is 22.1 Å². The molecular formula is C64H42N4OSi. The molecule has 10 aromatic carbocycles. The normalized spacial score (nSPS) is 12.8. The molecule has 1 aliphatic rings. The van der Waals surface area contributed by atoms with Gasteiger partial charge in [-0.2, -0.15) is 0 Å². The highest BCUT2D eigenvalue weighted by molar-refractivity contribution is 7.20. The fraction of sp³-hybridized carbons (Fsp3) is 0. The van der Waals surface area contributed by atoms with E-state index in [-0.39, 0.29) is 0 Å². The maximum Gasteiger partial charge on any atom is 0.188 e. The monoisotopic (exact) mass is 910 g/mol. The van der Waals surface area contributed by atoms with Crippen LogP contribution in [0.4, 0.5) is 0 Å². The summed E-state index contributed by atoms with van der Waals surface area (Å²) < 4.78 is 11.7. The Bertz CT molecular complexity index is 4090. The average molecular weight is 911 g/mol. The molecule has 5 nitrogen and oxygen atoms in total. The molecular weight excluding hydrogens is 869 g/mol. The Morgan fingerprint density at radius 1 is 0.386 bits per heavy atom. The lowest BCUT2D eigenvalue weighted by molar-refractivity contribution is 0.487. The molecule has 70 heavy (non-hydrogen) atoms. The summed E-state index contributed by atoms with van der Waals surface area (Å²) in [6.07, 6.45) is 1.92. The quantitative estimate of drug-likeness (QED) is 0.150. The first-order valence-corrected chi connectivity index (χ1v) is 25.8. The number of para-hydroxylation sites is 4. The molecule has 6 heteroatoms. The van der Waals surface area contributed by atoms with E-state index in [1.165, 1.54) is 48.0 Å². The van der Waals surface area contributed by atoms with Crippen LogP contribution in [0.1, 0.15) is 0 Å². The minimum absolute atomic E-state index is 0.639. The van der Waals surface area contributed by atoms with E-state index in [0.717, 1.165) is 67.2 Å². The molecule has 1 aliphatic heterocycles. The van der Waals surface area contributed by atoms with Crippen molar-refractivity contribution in [2.75, 3.05) is 0 Å². The summed E-state index contributed by atoms with van der Waals surface area (Å²) in [6, 6.07) is 89.5. The van der Waals surface area contributed by atoms with Crippen LogP contribution in [0.3, 0.4) is 0 Å². The van der Waals surface area contributed by atoms with Gasteiger partial charge in [0, 0.05) is 50.1 Å². The highest BCUT2D eigenvalue weighted by Gasteiger charge is 2.48. The Hall–Kier alpha value is -9.10. The molecule has 0 saturated carbocycles. The summed E-state index contributed by atoms with van der Waals surface area (Å²) in [4.78, 5) is 10.7. The van der Waals surface area contributed by atoms with Gasteiger partial charge in [-0.15, -0.1) is 0 Å². The summed E-state index contributed by atoms with van der Waals surface area (Å²) in [5.74, 6) is 3.18. The van der Waals surface area contributed by atoms with Gasteiger partial charge in [-0.05, 0) is 86.5 Å². The first kappa shape index (κ1) is 40.0. The number of aromatic nitrogens is 4. The number of benzene rings is 10. The van der Waals surface area contributed by atoms with E-state index in [1.807, 2.05) is 6.20 Å². The molecule has 0 bridgehead atoms. The minimum atomic E-state index is -2.92. The molecule has 0 spiro atoms. The highest BCUT2D eigenvalue weighted by Crippen LogP contribution is 2.52. The molecule has 328 valence electrons. The van der Waals surface area contributed by atoms with Crippen LogP contribution in [0.25, 0.3) is 88.8 Å². The zero-order chi connectivity index (χ0) is 46.2. The van der Waals surface area contributed by atoms with Gasteiger partial charge < -0.3 is 9.30 Å². The Balaban J connectivity index is 1.09. The molecule has 0 aliphatic carbocycles. The predicted octanol–water partition coefficient (Wildman–Crippen LogP) is 13.2. The second kappa shape index (κ2) is 16.0. The van der Waals surface area contributed by atoms with Crippen molar-refractivity contribution in [2.45, 2.75) is 0 Å². The first-order chi connectivity index (χ1) is 34.8. The van der Waals surface area contributed by atoms with Crippen LogP contribution in [-0.2, 0) is 0 Å². The fourth-order valence-corrected chi connectivity index (χ4v) is 16.5. The van der Waals surface area contributed by atoms with Crippen LogP contribution in [-0.4, -0.2) is 27.2 Å². The number of fused-ring (bicyclic) bond motifs is 8. The number of hydrogen-bond donors (Lipinski definition) is 0. The third kappa shape index (κ3) is 5.90. The standard InChI is InChI=1S/C64H42N4OSi/c1-6-22-43(23-7-1)58-61-50-33-17-19-35-52(50)68(63(61)59(44-24-8-2-9-25-44)60-49-32-16-18-34-51(49)67(62(58)60)46-26-10-3-11-27-46)57-40-41-65-64(66-57)45-38-39-54-56(42-45)70(47-28-12-4-13-29-47,48-30-14-5-15-31-48)55-37-21-20-36-53(55)69-54/h1-42H. The Morgan fingerprint density at radius 2 is 0.871 bits per heavy atom. The molecule has 0 unspecified atom stereocenters. The van der Waals surface area contributed by atoms with E-state index in [1.54, 1.807) is 0 Å². The molecule has 0 fully saturated rings. The summed E-state index contributed by atoms with van der Waals surface area (Å²) >= 11 is 0. The van der Waals surface area contributed by atoms with E-state index in [2.05, 4.69) is 258 Å². The van der Waals surface area contributed by atoms with Crippen molar-refractivity contribution < 1.29 is 4.74 Å². The maximum atomic E-state index is 6.83. The number of rotatable bonds is 7. The molecule has 13 aromatic rings. The summed E-state index contributed by atoms with van der Waals surface area (Å²) in [7, 11) is -2.92. The lowest BCUT2D eigenvalue weighted by Gasteiger charge is -2.39. The Kier molecular flexibility index (Phi) is 9.15. The second-order valence-corrected chi connectivity index (χ2v) is 21.7. The van der Waals surface area contributed by atoms with Crippen molar-refractivity contribution in [3.63, 3.8) is 0 Å². The maximum absolute atomic E-state index is 6.83. The van der Waals surface area contributed by atoms with Gasteiger partial charge in [-0.25, -0.2) is 9.97 Å². The van der Waals surface area contributed by atoms with Crippen molar-refractivity contribution in [2.24, 2.45) is 0 Å². The van der Waals surface area contributed by atoms with E-state index in [9.17, 15) is 0 Å². The lowest BCUT2D eigenvalue weighted by Crippen LogP contribution is -2.76. The van der Waals surface area contributed by atoms with Gasteiger partial charge in [0.1, 0.15) is 17.3 Å². The zero-order valence-electron chi connectivity index (χ0n) is 37.9. The van der Waals surface area contributed by atoms with Crippen LogP contribution in [0.15, 0.2) is 255 Å². The van der Waals surface area contributed by atoms with Gasteiger partial charge in [0.25, 0.3) is 0 Å². The average Bonchev–Trinajstić information content (AvgIpc) is 3.97. The second-order valence-electron chi connectivity index (χ2n) is 18.0. The van der Waals surface area contributed by atoms with E-state index < -0.39 is 8.07 Å². The summed E-state index contributed by atoms with van der Waals surface area (Å²) in [5.41, 5.74) is 11.1. The molecule has 0 atom stereocenters. The van der Waals surface area contributed by atoms with Gasteiger partial charge in [-0.3, -0.25) is 4.57 Å². The van der Waals surface area contributed by atoms with Crippen LogP contribution in [0.2, 0.25) is 0 Å². The van der Waals surface area contributed by atoms with Crippen molar-refractivity contribution in [1.29, 1.82) is 0 Å². The van der Waals surface area contributed by atoms with Crippen LogP contribution < -0.4 is 25.5 Å². The van der Waals surface area contributed by atoms with Gasteiger partial charge in [0.15, 0.2) is 13.9 Å². The molecule has 0 saturated heterocycles. The molecule has 0 amide bonds. The van der Waals surface area contributed by atoms with Crippen LogP contribution in [0, 0.1) is 0 Å². The molecule has 4 heterocycles. The fourth-order valence-electron chi connectivity index (χ4n) is 11.5. The zero-order valence-corrected chi connectivity index (χ0v) is 38.9. The third-order valence-corrected chi connectivity index (χ3v) is 19.1. The van der Waals surface area contributed by atoms with Crippen molar-refractivity contribution in [1.82, 2.24) is 19.1 Å². The predicted molar refractivity (Wildman–Crippen MR) is 291 cm³/mol. The number of ether oxygens (including phenoxy) is 1. The third-order valence-electron chi connectivity index (χ3n) is 14.3. The summed E-state index contributed by atoms with van der Waals surface area (Å²) in [6.45, 7) is 0. The van der Waals surface area contributed by atoms with E-state index in [4.69, 9.17) is 14.7 Å². The Labute approximate surface area is 405 Å². The van der Waals surface area contributed by atoms with E-state index >= 15 is 0 Å². The summed E-state index contributed by atoms with van der Waals surface area (Å²) in [5, 5.41) is 9.65. The SMILES string of the molecule is c1ccc(-c2c3c4ccccc4n(-c4ccnc(-c5ccc6c(c5)[Si](c5ccccc5)(c5ccccc5)c5ccccc5O6)n4)c3c(-c3ccccc3)c3c4ccccc4n(-c4ccccc4)c23)cc1. The smallest absolute Gasteiger partial charge is 0.188 e. The largest absolute Gasteiger partial charge is 0.458 e. The lowest BCUT2D eigenvalue weighted by atomic mass is 9.90. The van der Waals surface area contributed by atoms with Gasteiger partial charge >= 0.3 is 0 Å². The highest BCUT2D eigenvalue weighted by atomic mass is 28.3. The number of hydrogen-bond acceptors (Lipinski definition) is 3. The molecule has 0 N–H and O–H groups in total. The van der Waals surface area contributed by atoms with Gasteiger partial charge in [-0.1, -0.05) is 194 Å². The number of nitrogens with zero attached hydrogens (tertiary/aromatic N) is 4. The van der Waals surface area contributed by atoms with Crippen LogP contribution in [0.5, 0.6) is 11.5 Å². The van der Waals surface area contributed by atoms with Crippen molar-refractivity contribution in [3.8, 4) is 56.6 Å². The Morgan fingerprint density at radius 3 is 1.49 bits per heavy atom. The van der Waals surface area contributed by atoms with Crippen molar-refractivity contribution in [3.05, 3.63) is 255 Å². The first-order valence-electron chi connectivity index (χ1n) is 23.8. The minimum Gasteiger partial charge on any atom is -0.458 e. The van der Waals surface area contributed by atoms with Gasteiger partial charge in [0.2, 0.25) is 0 Å². The molecule has 3 aromatic heterocycles. The molecule has 0 radical (unpaired) electrons.